The van der Waals surface area contributed by atoms with Crippen LogP contribution in [-0.4, -0.2) is 17.7 Å². The van der Waals surface area contributed by atoms with E-state index in [1.54, 1.807) is 0 Å². The number of hydrogen-bond acceptors (Lipinski definition) is 2. The first kappa shape index (κ1) is 17.8. The largest absolute Gasteiger partial charge is 0.353 e. The molecular weight excluding hydrogens is 322 g/mol. The Kier molecular flexibility index (Phi) is 4.90. The summed E-state index contributed by atoms with van der Waals surface area (Å²) < 4.78 is 0. The van der Waals surface area contributed by atoms with Crippen molar-refractivity contribution in [2.45, 2.75) is 70.8 Å². The number of rotatable bonds is 7. The van der Waals surface area contributed by atoms with Gasteiger partial charge in [0.2, 0.25) is 5.91 Å². The Morgan fingerprint density at radius 2 is 1.58 bits per heavy atom. The van der Waals surface area contributed by atoms with Gasteiger partial charge in [0.25, 0.3) is 0 Å². The Hall–Kier alpha value is -1.64. The lowest BCUT2D eigenvalue weighted by Crippen LogP contribution is -2.55. The first-order chi connectivity index (χ1) is 12.5. The van der Waals surface area contributed by atoms with Gasteiger partial charge in [0.1, 0.15) is 0 Å². The quantitative estimate of drug-likeness (QED) is 0.718. The maximum absolute atomic E-state index is 12.4. The zero-order valence-corrected chi connectivity index (χ0v) is 15.9. The summed E-state index contributed by atoms with van der Waals surface area (Å²) in [5, 5.41) is 3.30. The fraction of sp³-hybridized carbons (Fsp3) is 0.652. The van der Waals surface area contributed by atoms with Crippen LogP contribution in [0.3, 0.4) is 0 Å². The predicted octanol–water partition coefficient (Wildman–Crippen LogP) is 4.76. The van der Waals surface area contributed by atoms with Crippen LogP contribution in [0.25, 0.3) is 0 Å². The topological polar surface area (TPSA) is 46.2 Å². The Bertz CT molecular complexity index is 631. The number of hydrogen-bond donors (Lipinski definition) is 1. The fourth-order valence-corrected chi connectivity index (χ4v) is 6.35. The fourth-order valence-electron chi connectivity index (χ4n) is 6.35. The lowest BCUT2D eigenvalue weighted by Gasteiger charge is -2.59. The van der Waals surface area contributed by atoms with Crippen molar-refractivity contribution < 1.29 is 9.59 Å². The molecule has 0 radical (unpaired) electrons. The Balaban J connectivity index is 1.25. The molecule has 4 fully saturated rings. The van der Waals surface area contributed by atoms with Crippen LogP contribution in [0.4, 0.5) is 0 Å². The summed E-state index contributed by atoms with van der Waals surface area (Å²) in [4.78, 5) is 24.6. The number of ketones is 1. The Labute approximate surface area is 156 Å². The van der Waals surface area contributed by atoms with Crippen molar-refractivity contribution >= 4 is 11.7 Å². The third-order valence-electron chi connectivity index (χ3n) is 7.29. The number of Topliss-reactive ketones (excluding diaryl/α,β-unsaturated/α-hetero) is 1. The zero-order chi connectivity index (χ0) is 18.1. The van der Waals surface area contributed by atoms with E-state index in [1.807, 2.05) is 30.3 Å². The number of amides is 1. The second-order valence-corrected chi connectivity index (χ2v) is 9.21. The van der Waals surface area contributed by atoms with Crippen molar-refractivity contribution in [3.8, 4) is 0 Å². The maximum Gasteiger partial charge on any atom is 0.220 e. The van der Waals surface area contributed by atoms with E-state index in [1.165, 1.54) is 38.5 Å². The second kappa shape index (κ2) is 7.17. The highest BCUT2D eigenvalue weighted by Gasteiger charge is 2.53. The smallest absolute Gasteiger partial charge is 0.220 e. The molecule has 1 unspecified atom stereocenters. The van der Waals surface area contributed by atoms with Gasteiger partial charge in [-0.25, -0.2) is 0 Å². The molecule has 0 heterocycles. The summed E-state index contributed by atoms with van der Waals surface area (Å²) in [6, 6.07) is 9.64. The van der Waals surface area contributed by atoms with Gasteiger partial charge >= 0.3 is 0 Å². The van der Waals surface area contributed by atoms with Crippen LogP contribution < -0.4 is 5.32 Å². The molecule has 0 spiro atoms. The first-order valence-corrected chi connectivity index (χ1v) is 10.4. The molecule has 5 rings (SSSR count). The first-order valence-electron chi connectivity index (χ1n) is 10.4. The van der Waals surface area contributed by atoms with Gasteiger partial charge in [0.05, 0.1) is 0 Å². The van der Waals surface area contributed by atoms with Crippen LogP contribution in [-0.2, 0) is 4.79 Å². The molecule has 0 aromatic heterocycles. The van der Waals surface area contributed by atoms with Crippen LogP contribution in [0.1, 0.15) is 75.1 Å². The van der Waals surface area contributed by atoms with Crippen LogP contribution in [0.15, 0.2) is 30.3 Å². The molecule has 1 N–H and O–H groups in total. The van der Waals surface area contributed by atoms with Crippen LogP contribution >= 0.6 is 0 Å². The molecule has 1 amide bonds. The van der Waals surface area contributed by atoms with Crippen molar-refractivity contribution in [1.29, 1.82) is 0 Å². The van der Waals surface area contributed by atoms with Crippen molar-refractivity contribution in [3.63, 3.8) is 0 Å². The van der Waals surface area contributed by atoms with E-state index in [0.717, 1.165) is 23.3 Å². The third kappa shape index (κ3) is 3.58. The Morgan fingerprint density at radius 1 is 1.00 bits per heavy atom. The molecule has 0 saturated heterocycles. The SMILES string of the molecule is CC(NC(=O)CCCC(=O)c1ccccc1)C12CC3CC(CC(C3)C1)C2. The van der Waals surface area contributed by atoms with Gasteiger partial charge in [0.15, 0.2) is 5.78 Å². The molecule has 4 bridgehead atoms. The number of carbonyl (C=O) groups excluding carboxylic acids is 2. The van der Waals surface area contributed by atoms with Gasteiger partial charge in [-0.2, -0.15) is 0 Å². The lowest BCUT2D eigenvalue weighted by molar-refractivity contribution is -0.126. The molecule has 140 valence electrons. The molecule has 1 aromatic rings. The second-order valence-electron chi connectivity index (χ2n) is 9.21. The van der Waals surface area contributed by atoms with Crippen molar-refractivity contribution in [3.05, 3.63) is 35.9 Å². The molecule has 1 atom stereocenters. The minimum atomic E-state index is 0.120. The minimum absolute atomic E-state index is 0.120. The van der Waals surface area contributed by atoms with Gasteiger partial charge in [-0.15, -0.1) is 0 Å². The van der Waals surface area contributed by atoms with E-state index in [2.05, 4.69) is 12.2 Å². The highest BCUT2D eigenvalue weighted by Crippen LogP contribution is 2.61. The maximum atomic E-state index is 12.4. The highest BCUT2D eigenvalue weighted by atomic mass is 16.1. The van der Waals surface area contributed by atoms with Crippen molar-refractivity contribution in [2.75, 3.05) is 0 Å². The molecule has 4 aliphatic carbocycles. The van der Waals surface area contributed by atoms with Gasteiger partial charge in [-0.3, -0.25) is 9.59 Å². The normalized spacial score (nSPS) is 33.0. The van der Waals surface area contributed by atoms with E-state index in [4.69, 9.17) is 0 Å². The average Bonchev–Trinajstić information content (AvgIpc) is 2.61. The van der Waals surface area contributed by atoms with E-state index in [9.17, 15) is 9.59 Å². The van der Waals surface area contributed by atoms with Crippen LogP contribution in [0.5, 0.6) is 0 Å². The summed E-state index contributed by atoms with van der Waals surface area (Å²) in [7, 11) is 0. The molecule has 0 aliphatic heterocycles. The monoisotopic (exact) mass is 353 g/mol. The van der Waals surface area contributed by atoms with Gasteiger partial charge in [-0.05, 0) is 75.0 Å². The van der Waals surface area contributed by atoms with Crippen molar-refractivity contribution in [1.82, 2.24) is 5.32 Å². The van der Waals surface area contributed by atoms with E-state index in [-0.39, 0.29) is 17.7 Å². The molecular formula is C23H31NO2. The molecule has 4 saturated carbocycles. The molecule has 3 nitrogen and oxygen atoms in total. The number of benzene rings is 1. The predicted molar refractivity (Wildman–Crippen MR) is 103 cm³/mol. The third-order valence-corrected chi connectivity index (χ3v) is 7.29. The van der Waals surface area contributed by atoms with E-state index >= 15 is 0 Å². The average molecular weight is 354 g/mol. The highest BCUT2D eigenvalue weighted by molar-refractivity contribution is 5.96. The van der Waals surface area contributed by atoms with Crippen LogP contribution in [0.2, 0.25) is 0 Å². The lowest BCUT2D eigenvalue weighted by atomic mass is 9.48. The number of carbonyl (C=O) groups is 2. The standard InChI is InChI=1S/C23H31NO2/c1-16(23-13-17-10-18(14-23)12-19(11-17)15-23)24-22(26)9-5-8-21(25)20-6-3-2-4-7-20/h2-4,6-7,16-19H,5,8-15H2,1H3,(H,24,26). The molecule has 3 heteroatoms. The summed E-state index contributed by atoms with van der Waals surface area (Å²) >= 11 is 0. The van der Waals surface area contributed by atoms with Gasteiger partial charge in [0, 0.05) is 24.4 Å². The van der Waals surface area contributed by atoms with Gasteiger partial charge < -0.3 is 5.32 Å². The van der Waals surface area contributed by atoms with Crippen molar-refractivity contribution in [2.24, 2.45) is 23.2 Å². The summed E-state index contributed by atoms with van der Waals surface area (Å²) in [5.74, 6) is 2.97. The van der Waals surface area contributed by atoms with E-state index in [0.29, 0.717) is 24.7 Å². The zero-order valence-electron chi connectivity index (χ0n) is 15.9. The van der Waals surface area contributed by atoms with E-state index < -0.39 is 0 Å². The van der Waals surface area contributed by atoms with Crippen LogP contribution in [0, 0.1) is 23.2 Å². The molecule has 26 heavy (non-hydrogen) atoms. The number of nitrogens with one attached hydrogen (secondary N) is 1. The Morgan fingerprint density at radius 3 is 2.15 bits per heavy atom. The van der Waals surface area contributed by atoms with Gasteiger partial charge in [-0.1, -0.05) is 30.3 Å². The molecule has 1 aromatic carbocycles. The summed E-state index contributed by atoms with van der Waals surface area (Å²) in [5.41, 5.74) is 1.10. The summed E-state index contributed by atoms with van der Waals surface area (Å²) in [6.45, 7) is 2.22. The summed E-state index contributed by atoms with van der Waals surface area (Å²) in [6.07, 6.45) is 9.77. The molecule has 4 aliphatic rings. The minimum Gasteiger partial charge on any atom is -0.353 e.